The van der Waals surface area contributed by atoms with Crippen LogP contribution in [0.25, 0.3) is 11.2 Å². The predicted octanol–water partition coefficient (Wildman–Crippen LogP) is 0.874. The van der Waals surface area contributed by atoms with Crippen LogP contribution in [-0.2, 0) is 25.4 Å². The van der Waals surface area contributed by atoms with E-state index in [9.17, 15) is 14.4 Å². The lowest BCUT2D eigenvalue weighted by Crippen LogP contribution is -2.37. The molecule has 0 spiro atoms. The first-order valence-electron chi connectivity index (χ1n) is 7.15. The zero-order valence-electron chi connectivity index (χ0n) is 12.9. The number of amides is 1. The number of carbonyl (C=O) groups is 1. The smallest absolute Gasteiger partial charge is 0.294 e. The van der Waals surface area contributed by atoms with E-state index in [1.807, 2.05) is 12.1 Å². The van der Waals surface area contributed by atoms with Crippen molar-refractivity contribution in [2.75, 3.05) is 4.90 Å². The van der Waals surface area contributed by atoms with E-state index in [2.05, 4.69) is 20.9 Å². The number of nitrogens with zero attached hydrogens (tertiary/aromatic N) is 5. The molecule has 0 saturated carbocycles. The molecule has 1 aromatic carbocycles. The summed E-state index contributed by atoms with van der Waals surface area (Å²) < 4.78 is 4.78. The van der Waals surface area contributed by atoms with Gasteiger partial charge in [-0.3, -0.25) is 23.3 Å². The van der Waals surface area contributed by atoms with Crippen LogP contribution in [0, 0.1) is 0 Å². The maximum absolute atomic E-state index is 12.5. The topological polar surface area (TPSA) is 82.1 Å². The SMILES string of the molecule is Cn1c(=O)c2c(nc3n2CC(=O)N3c2ccc(Br)cc2)n(C)c1=O. The summed E-state index contributed by atoms with van der Waals surface area (Å²) in [5.74, 6) is 0.160. The molecule has 1 aliphatic rings. The van der Waals surface area contributed by atoms with E-state index in [1.54, 1.807) is 23.7 Å². The van der Waals surface area contributed by atoms with E-state index >= 15 is 0 Å². The van der Waals surface area contributed by atoms with E-state index in [0.29, 0.717) is 11.6 Å². The molecule has 0 N–H and O–H groups in total. The van der Waals surface area contributed by atoms with Crippen LogP contribution in [0.3, 0.4) is 0 Å². The molecule has 0 atom stereocenters. The Labute approximate surface area is 143 Å². The van der Waals surface area contributed by atoms with Crippen molar-refractivity contribution in [2.45, 2.75) is 6.54 Å². The third-order valence-electron chi connectivity index (χ3n) is 4.16. The highest BCUT2D eigenvalue weighted by Gasteiger charge is 2.34. The first-order valence-corrected chi connectivity index (χ1v) is 7.94. The van der Waals surface area contributed by atoms with Crippen LogP contribution in [0.2, 0.25) is 0 Å². The van der Waals surface area contributed by atoms with Crippen molar-refractivity contribution in [1.82, 2.24) is 18.7 Å². The minimum Gasteiger partial charge on any atom is -0.294 e. The molecule has 0 bridgehead atoms. The van der Waals surface area contributed by atoms with E-state index in [1.165, 1.54) is 16.5 Å². The molecule has 9 heteroatoms. The van der Waals surface area contributed by atoms with E-state index in [-0.39, 0.29) is 23.6 Å². The molecule has 4 rings (SSSR count). The number of halogens is 1. The summed E-state index contributed by atoms with van der Waals surface area (Å²) in [5, 5.41) is 0. The van der Waals surface area contributed by atoms with Crippen molar-refractivity contribution in [3.05, 3.63) is 49.6 Å². The Kier molecular flexibility index (Phi) is 3.04. The van der Waals surface area contributed by atoms with Crippen molar-refractivity contribution in [1.29, 1.82) is 0 Å². The Balaban J connectivity index is 2.03. The molecule has 122 valence electrons. The Bertz CT molecular complexity index is 1120. The molecule has 0 aliphatic carbocycles. The molecule has 8 nitrogen and oxygen atoms in total. The van der Waals surface area contributed by atoms with Gasteiger partial charge in [0.2, 0.25) is 5.95 Å². The number of hydrogen-bond donors (Lipinski definition) is 0. The number of hydrogen-bond acceptors (Lipinski definition) is 4. The Morgan fingerprint density at radius 2 is 1.71 bits per heavy atom. The fraction of sp³-hybridized carbons (Fsp3) is 0.200. The number of aryl methyl sites for hydroxylation is 1. The lowest BCUT2D eigenvalue weighted by atomic mass is 10.3. The van der Waals surface area contributed by atoms with Crippen LogP contribution in [0.5, 0.6) is 0 Å². The lowest BCUT2D eigenvalue weighted by molar-refractivity contribution is -0.117. The van der Waals surface area contributed by atoms with Crippen molar-refractivity contribution in [3.63, 3.8) is 0 Å². The minimum atomic E-state index is -0.461. The van der Waals surface area contributed by atoms with Gasteiger partial charge in [-0.15, -0.1) is 0 Å². The molecule has 24 heavy (non-hydrogen) atoms. The van der Waals surface area contributed by atoms with Crippen LogP contribution < -0.4 is 16.1 Å². The number of anilines is 2. The predicted molar refractivity (Wildman–Crippen MR) is 91.5 cm³/mol. The maximum atomic E-state index is 12.5. The molecule has 3 aromatic rings. The Hall–Kier alpha value is -2.68. The van der Waals surface area contributed by atoms with E-state index in [0.717, 1.165) is 9.04 Å². The minimum absolute atomic E-state index is 0.00927. The third kappa shape index (κ3) is 1.84. The molecule has 0 unspecified atom stereocenters. The van der Waals surface area contributed by atoms with Gasteiger partial charge >= 0.3 is 5.69 Å². The summed E-state index contributed by atoms with van der Waals surface area (Å²) in [4.78, 5) is 42.8. The van der Waals surface area contributed by atoms with Gasteiger partial charge in [0.15, 0.2) is 11.2 Å². The van der Waals surface area contributed by atoms with Crippen molar-refractivity contribution in [3.8, 4) is 0 Å². The number of fused-ring (bicyclic) bond motifs is 3. The van der Waals surface area contributed by atoms with Crippen molar-refractivity contribution >= 4 is 44.6 Å². The average Bonchev–Trinajstić information content (AvgIpc) is 3.06. The number of aromatic nitrogens is 4. The molecule has 0 saturated heterocycles. The highest BCUT2D eigenvalue weighted by molar-refractivity contribution is 9.10. The first kappa shape index (κ1) is 14.9. The summed E-state index contributed by atoms with van der Waals surface area (Å²) in [6.45, 7) is 0.00927. The van der Waals surface area contributed by atoms with Crippen molar-refractivity contribution in [2.24, 2.45) is 14.1 Å². The first-order chi connectivity index (χ1) is 11.4. The lowest BCUT2D eigenvalue weighted by Gasteiger charge is -2.13. The fourth-order valence-corrected chi connectivity index (χ4v) is 3.19. The van der Waals surface area contributed by atoms with Gasteiger partial charge in [-0.2, -0.15) is 4.98 Å². The highest BCUT2D eigenvalue weighted by atomic mass is 79.9. The zero-order valence-corrected chi connectivity index (χ0v) is 14.4. The van der Waals surface area contributed by atoms with Crippen molar-refractivity contribution < 1.29 is 4.79 Å². The third-order valence-corrected chi connectivity index (χ3v) is 4.68. The quantitative estimate of drug-likeness (QED) is 0.618. The maximum Gasteiger partial charge on any atom is 0.332 e. The number of benzene rings is 1. The highest BCUT2D eigenvalue weighted by Crippen LogP contribution is 2.32. The molecule has 2 aromatic heterocycles. The molecular formula is C15H12BrN5O3. The number of carbonyl (C=O) groups excluding carboxylic acids is 1. The standard InChI is InChI=1S/C15H12BrN5O3/c1-18-12-11(13(23)19(2)15(18)24)20-7-10(22)21(14(20)17-12)9-5-3-8(16)4-6-9/h3-6H,7H2,1-2H3. The largest absolute Gasteiger partial charge is 0.332 e. The normalized spacial score (nSPS) is 13.8. The summed E-state index contributed by atoms with van der Waals surface area (Å²) in [7, 11) is 2.96. The second-order valence-electron chi connectivity index (χ2n) is 5.58. The fourth-order valence-electron chi connectivity index (χ4n) is 2.92. The van der Waals surface area contributed by atoms with Crippen LogP contribution in [-0.4, -0.2) is 24.6 Å². The summed E-state index contributed by atoms with van der Waals surface area (Å²) in [6, 6.07) is 7.22. The summed E-state index contributed by atoms with van der Waals surface area (Å²) in [6.07, 6.45) is 0. The average molecular weight is 390 g/mol. The second kappa shape index (κ2) is 4.91. The molecule has 1 amide bonds. The second-order valence-corrected chi connectivity index (χ2v) is 6.50. The zero-order chi connectivity index (χ0) is 17.2. The van der Waals surface area contributed by atoms with Crippen LogP contribution >= 0.6 is 15.9 Å². The molecule has 0 fully saturated rings. The van der Waals surface area contributed by atoms with Gasteiger partial charge in [-0.25, -0.2) is 9.69 Å². The molecule has 1 aliphatic heterocycles. The van der Waals surface area contributed by atoms with Gasteiger partial charge in [0.1, 0.15) is 6.54 Å². The van der Waals surface area contributed by atoms with Crippen LogP contribution in [0.15, 0.2) is 38.3 Å². The van der Waals surface area contributed by atoms with Gasteiger partial charge in [0, 0.05) is 18.6 Å². The summed E-state index contributed by atoms with van der Waals surface area (Å²) >= 11 is 3.36. The van der Waals surface area contributed by atoms with Gasteiger partial charge in [-0.05, 0) is 24.3 Å². The summed E-state index contributed by atoms with van der Waals surface area (Å²) in [5.41, 5.74) is 0.262. The monoisotopic (exact) mass is 389 g/mol. The van der Waals surface area contributed by atoms with E-state index in [4.69, 9.17) is 0 Å². The number of imidazole rings is 1. The Morgan fingerprint density at radius 3 is 2.38 bits per heavy atom. The van der Waals surface area contributed by atoms with E-state index < -0.39 is 11.2 Å². The van der Waals surface area contributed by atoms with Gasteiger partial charge in [0.05, 0.1) is 5.69 Å². The van der Waals surface area contributed by atoms with Gasteiger partial charge < -0.3 is 0 Å². The van der Waals surface area contributed by atoms with Crippen LogP contribution in [0.4, 0.5) is 11.6 Å². The molecule has 3 heterocycles. The van der Waals surface area contributed by atoms with Gasteiger partial charge in [0.25, 0.3) is 11.5 Å². The molecule has 0 radical (unpaired) electrons. The van der Waals surface area contributed by atoms with Gasteiger partial charge in [-0.1, -0.05) is 15.9 Å². The Morgan fingerprint density at radius 1 is 1.04 bits per heavy atom. The van der Waals surface area contributed by atoms with Crippen LogP contribution in [0.1, 0.15) is 0 Å². The number of rotatable bonds is 1. The molecular weight excluding hydrogens is 378 g/mol.